The highest BCUT2D eigenvalue weighted by atomic mass is 16.5. The summed E-state index contributed by atoms with van der Waals surface area (Å²) in [6.07, 6.45) is 3.96. The van der Waals surface area contributed by atoms with E-state index in [2.05, 4.69) is 53.4 Å². The molecule has 0 heterocycles. The van der Waals surface area contributed by atoms with Crippen LogP contribution in [0.1, 0.15) is 27.8 Å². The van der Waals surface area contributed by atoms with Crippen LogP contribution in [-0.2, 0) is 0 Å². The fourth-order valence-electron chi connectivity index (χ4n) is 4.62. The summed E-state index contributed by atoms with van der Waals surface area (Å²) >= 11 is 0. The van der Waals surface area contributed by atoms with Gasteiger partial charge in [0.15, 0.2) is 0 Å². The van der Waals surface area contributed by atoms with Crippen LogP contribution in [0.4, 0.5) is 17.1 Å². The van der Waals surface area contributed by atoms with Gasteiger partial charge in [0.2, 0.25) is 0 Å². The van der Waals surface area contributed by atoms with E-state index in [0.717, 1.165) is 50.3 Å². The molecule has 0 bridgehead atoms. The predicted molar refractivity (Wildman–Crippen MR) is 155 cm³/mol. The number of fused-ring (bicyclic) bond motifs is 1. The van der Waals surface area contributed by atoms with Crippen molar-refractivity contribution in [2.75, 3.05) is 12.0 Å². The van der Waals surface area contributed by atoms with Crippen LogP contribution in [0.25, 0.3) is 22.9 Å². The molecule has 4 nitrogen and oxygen atoms in total. The van der Waals surface area contributed by atoms with E-state index in [1.165, 1.54) is 0 Å². The van der Waals surface area contributed by atoms with Gasteiger partial charge in [0.25, 0.3) is 0 Å². The van der Waals surface area contributed by atoms with Crippen LogP contribution in [0.2, 0.25) is 0 Å². The summed E-state index contributed by atoms with van der Waals surface area (Å²) in [4.78, 5) is 2.19. The van der Waals surface area contributed by atoms with E-state index >= 15 is 0 Å². The third-order valence-electron chi connectivity index (χ3n) is 6.62. The highest BCUT2D eigenvalue weighted by Gasteiger charge is 2.13. The highest BCUT2D eigenvalue weighted by Crippen LogP contribution is 2.35. The van der Waals surface area contributed by atoms with Crippen molar-refractivity contribution in [3.8, 4) is 17.9 Å². The van der Waals surface area contributed by atoms with Crippen LogP contribution in [0.5, 0.6) is 5.75 Å². The second-order valence-electron chi connectivity index (χ2n) is 8.90. The molecule has 0 N–H and O–H groups in total. The second-order valence-corrected chi connectivity index (χ2v) is 8.90. The molecule has 5 aromatic rings. The molecule has 0 aliphatic carbocycles. The summed E-state index contributed by atoms with van der Waals surface area (Å²) in [5, 5.41) is 21.1. The lowest BCUT2D eigenvalue weighted by Crippen LogP contribution is -2.09. The highest BCUT2D eigenvalue weighted by molar-refractivity contribution is 5.96. The Balaban J connectivity index is 1.48. The van der Waals surface area contributed by atoms with Crippen molar-refractivity contribution in [3.05, 3.63) is 131 Å². The van der Waals surface area contributed by atoms with Crippen LogP contribution in [0, 0.1) is 29.6 Å². The van der Waals surface area contributed by atoms with Crippen molar-refractivity contribution in [3.63, 3.8) is 0 Å². The van der Waals surface area contributed by atoms with Gasteiger partial charge >= 0.3 is 0 Å². The number of hydrogen-bond acceptors (Lipinski definition) is 4. The van der Waals surface area contributed by atoms with Gasteiger partial charge in [-0.25, -0.2) is 0 Å². The Hall–Kier alpha value is -5.32. The monoisotopic (exact) mass is 491 g/mol. The number of rotatable bonds is 6. The van der Waals surface area contributed by atoms with Crippen molar-refractivity contribution in [2.45, 2.75) is 6.92 Å². The van der Waals surface area contributed by atoms with Gasteiger partial charge in [-0.3, -0.25) is 0 Å². The fourth-order valence-corrected chi connectivity index (χ4v) is 4.62. The zero-order chi connectivity index (χ0) is 26.5. The van der Waals surface area contributed by atoms with Gasteiger partial charge in [0.1, 0.15) is 17.9 Å². The van der Waals surface area contributed by atoms with Crippen LogP contribution >= 0.6 is 0 Å². The third-order valence-corrected chi connectivity index (χ3v) is 6.62. The number of ether oxygens (including phenoxy) is 1. The van der Waals surface area contributed by atoms with Crippen molar-refractivity contribution >= 4 is 40.0 Å². The number of nitriles is 2. The molecule has 0 aromatic heterocycles. The van der Waals surface area contributed by atoms with Crippen LogP contribution in [0.15, 0.2) is 103 Å². The first kappa shape index (κ1) is 24.4. The van der Waals surface area contributed by atoms with Gasteiger partial charge in [-0.15, -0.1) is 0 Å². The number of aryl methyl sites for hydroxylation is 1. The molecule has 182 valence electrons. The van der Waals surface area contributed by atoms with Crippen LogP contribution < -0.4 is 9.64 Å². The van der Waals surface area contributed by atoms with E-state index in [9.17, 15) is 10.5 Å². The minimum absolute atomic E-state index is 0.571. The molecule has 5 aromatic carbocycles. The summed E-state index contributed by atoms with van der Waals surface area (Å²) in [5.74, 6) is 0.812. The number of nitrogens with zero attached hydrogens (tertiary/aromatic N) is 3. The average Bonchev–Trinajstić information content (AvgIpc) is 2.97. The smallest absolute Gasteiger partial charge is 0.119 e. The maximum absolute atomic E-state index is 9.91. The Morgan fingerprint density at radius 3 is 1.84 bits per heavy atom. The lowest BCUT2D eigenvalue weighted by Gasteiger charge is -2.25. The molecule has 5 rings (SSSR count). The summed E-state index contributed by atoms with van der Waals surface area (Å²) < 4.78 is 5.34. The minimum Gasteiger partial charge on any atom is -0.497 e. The summed E-state index contributed by atoms with van der Waals surface area (Å²) in [5.41, 5.74) is 7.05. The average molecular weight is 492 g/mol. The molecule has 0 fully saturated rings. The Labute approximate surface area is 222 Å². The van der Waals surface area contributed by atoms with Gasteiger partial charge in [-0.1, -0.05) is 66.7 Å². The third kappa shape index (κ3) is 4.72. The molecule has 0 unspecified atom stereocenters. The summed E-state index contributed by atoms with van der Waals surface area (Å²) in [6.45, 7) is 1.91. The van der Waals surface area contributed by atoms with Crippen molar-refractivity contribution in [1.82, 2.24) is 0 Å². The quantitative estimate of drug-likeness (QED) is 0.223. The first-order chi connectivity index (χ1) is 18.6. The molecule has 0 saturated carbocycles. The number of anilines is 3. The van der Waals surface area contributed by atoms with Crippen LogP contribution in [0.3, 0.4) is 0 Å². The first-order valence-electron chi connectivity index (χ1n) is 12.3. The molecule has 0 amide bonds. The maximum Gasteiger partial charge on any atom is 0.119 e. The standard InChI is InChI=1S/C34H25N3O/c1-24-8-20-32-31(33(24)22-35)21-13-26(34(32)23-36)12-9-25-10-14-28(15-11-25)37(27-6-4-3-5-7-27)29-16-18-30(38-2)19-17-29/h3-21H,1-2H3. The normalized spacial score (nSPS) is 10.7. The van der Waals surface area contributed by atoms with Gasteiger partial charge in [-0.05, 0) is 72.1 Å². The zero-order valence-electron chi connectivity index (χ0n) is 21.2. The van der Waals surface area contributed by atoms with Crippen LogP contribution in [-0.4, -0.2) is 7.11 Å². The van der Waals surface area contributed by atoms with E-state index in [-0.39, 0.29) is 0 Å². The first-order valence-corrected chi connectivity index (χ1v) is 12.3. The molecule has 0 aliphatic heterocycles. The Morgan fingerprint density at radius 2 is 1.21 bits per heavy atom. The number of benzene rings is 5. The van der Waals surface area contributed by atoms with E-state index in [1.807, 2.05) is 85.8 Å². The van der Waals surface area contributed by atoms with Crippen molar-refractivity contribution in [2.24, 2.45) is 0 Å². The molecule has 4 heteroatoms. The van der Waals surface area contributed by atoms with Crippen molar-refractivity contribution < 1.29 is 4.74 Å². The SMILES string of the molecule is COc1ccc(N(c2ccccc2)c2ccc(C=Cc3ccc4c(C#N)c(C)ccc4c3C#N)cc2)cc1. The number of para-hydroxylation sites is 1. The van der Waals surface area contributed by atoms with E-state index in [4.69, 9.17) is 4.74 Å². The van der Waals surface area contributed by atoms with E-state index in [0.29, 0.717) is 11.1 Å². The number of hydrogen-bond donors (Lipinski definition) is 0. The van der Waals surface area contributed by atoms with Crippen molar-refractivity contribution in [1.29, 1.82) is 10.5 Å². The van der Waals surface area contributed by atoms with Gasteiger partial charge in [-0.2, -0.15) is 10.5 Å². The Kier molecular flexibility index (Phi) is 6.89. The topological polar surface area (TPSA) is 60.0 Å². The molecular formula is C34H25N3O. The molecule has 0 aliphatic rings. The van der Waals surface area contributed by atoms with Gasteiger partial charge in [0, 0.05) is 27.8 Å². The Bertz CT molecular complexity index is 1710. The lowest BCUT2D eigenvalue weighted by molar-refractivity contribution is 0.415. The number of methoxy groups -OCH3 is 1. The predicted octanol–water partition coefficient (Wildman–Crippen LogP) is 8.54. The molecular weight excluding hydrogens is 466 g/mol. The molecule has 0 spiro atoms. The summed E-state index contributed by atoms with van der Waals surface area (Å²) in [7, 11) is 1.66. The summed E-state index contributed by atoms with van der Waals surface area (Å²) in [6, 6.07) is 38.8. The molecule has 38 heavy (non-hydrogen) atoms. The second kappa shape index (κ2) is 10.7. The molecule has 0 radical (unpaired) electrons. The maximum atomic E-state index is 9.91. The van der Waals surface area contributed by atoms with Gasteiger partial charge in [0.05, 0.1) is 18.2 Å². The zero-order valence-corrected chi connectivity index (χ0v) is 21.2. The molecule has 0 atom stereocenters. The minimum atomic E-state index is 0.571. The van der Waals surface area contributed by atoms with Gasteiger partial charge < -0.3 is 9.64 Å². The lowest BCUT2D eigenvalue weighted by atomic mass is 9.94. The fraction of sp³-hybridized carbons (Fsp3) is 0.0588. The Morgan fingerprint density at radius 1 is 0.632 bits per heavy atom. The van der Waals surface area contributed by atoms with E-state index < -0.39 is 0 Å². The molecule has 0 saturated heterocycles. The van der Waals surface area contributed by atoms with E-state index in [1.54, 1.807) is 7.11 Å². The largest absolute Gasteiger partial charge is 0.497 e.